The Balaban J connectivity index is 2.65. The van der Waals surface area contributed by atoms with Gasteiger partial charge in [-0.1, -0.05) is 13.8 Å². The smallest absolute Gasteiger partial charge is 0.283 e. The molecule has 0 radical (unpaired) electrons. The minimum absolute atomic E-state index is 0.103. The lowest BCUT2D eigenvalue weighted by Gasteiger charge is -2.18. The van der Waals surface area contributed by atoms with Gasteiger partial charge in [-0.25, -0.2) is 4.68 Å². The highest BCUT2D eigenvalue weighted by Gasteiger charge is 2.08. The number of anilines is 1. The first-order chi connectivity index (χ1) is 9.13. The van der Waals surface area contributed by atoms with E-state index >= 15 is 0 Å². The molecule has 2 N–H and O–H groups in total. The second-order valence-electron chi connectivity index (χ2n) is 4.08. The maximum atomic E-state index is 11.9. The van der Waals surface area contributed by atoms with Crippen LogP contribution in [0.2, 0.25) is 0 Å². The zero-order valence-corrected chi connectivity index (χ0v) is 13.0. The van der Waals surface area contributed by atoms with Crippen LogP contribution in [0, 0.1) is 0 Å². The van der Waals surface area contributed by atoms with Crippen molar-refractivity contribution in [3.05, 3.63) is 21.0 Å². The normalized spacial score (nSPS) is 11.0. The van der Waals surface area contributed by atoms with Gasteiger partial charge in [-0.3, -0.25) is 4.79 Å². The van der Waals surface area contributed by atoms with Gasteiger partial charge in [-0.2, -0.15) is 5.10 Å². The highest BCUT2D eigenvalue weighted by atomic mass is 79.9. The molecule has 19 heavy (non-hydrogen) atoms. The molecule has 0 aliphatic heterocycles. The molecular weight excluding hydrogens is 312 g/mol. The molecule has 0 spiro atoms. The molecule has 108 valence electrons. The van der Waals surface area contributed by atoms with E-state index in [1.54, 1.807) is 6.20 Å². The molecule has 1 heterocycles. The quantitative estimate of drug-likeness (QED) is 0.735. The maximum Gasteiger partial charge on any atom is 0.283 e. The van der Waals surface area contributed by atoms with Crippen LogP contribution in [0.3, 0.4) is 0 Å². The van der Waals surface area contributed by atoms with Crippen molar-refractivity contribution in [3.8, 4) is 0 Å². The van der Waals surface area contributed by atoms with Crippen LogP contribution in [0.1, 0.15) is 13.8 Å². The fourth-order valence-corrected chi connectivity index (χ4v) is 2.18. The fraction of sp³-hybridized carbons (Fsp3) is 0.667. The Labute approximate surface area is 121 Å². The first kappa shape index (κ1) is 16.1. The lowest BCUT2D eigenvalue weighted by molar-refractivity contribution is 0.266. The van der Waals surface area contributed by atoms with E-state index in [0.717, 1.165) is 26.2 Å². The molecule has 0 saturated heterocycles. The minimum atomic E-state index is -0.234. The predicted molar refractivity (Wildman–Crippen MR) is 79.6 cm³/mol. The summed E-state index contributed by atoms with van der Waals surface area (Å²) in [7, 11) is 0. The van der Waals surface area contributed by atoms with Crippen LogP contribution in [0.4, 0.5) is 5.69 Å². The number of aromatic nitrogens is 2. The average molecular weight is 333 g/mol. The van der Waals surface area contributed by atoms with Crippen molar-refractivity contribution in [2.45, 2.75) is 20.4 Å². The van der Waals surface area contributed by atoms with E-state index in [9.17, 15) is 4.79 Å². The zero-order chi connectivity index (χ0) is 14.3. The molecule has 0 aliphatic carbocycles. The zero-order valence-electron chi connectivity index (χ0n) is 11.4. The molecule has 1 aromatic heterocycles. The Hall–Kier alpha value is -0.920. The van der Waals surface area contributed by atoms with E-state index in [0.29, 0.717) is 10.2 Å². The van der Waals surface area contributed by atoms with Crippen LogP contribution in [-0.2, 0) is 6.54 Å². The first-order valence-corrected chi connectivity index (χ1v) is 7.26. The molecule has 1 aromatic rings. The topological polar surface area (TPSA) is 70.4 Å². The summed E-state index contributed by atoms with van der Waals surface area (Å²) >= 11 is 3.27. The molecule has 0 bridgehead atoms. The highest BCUT2D eigenvalue weighted by molar-refractivity contribution is 9.10. The number of aliphatic hydroxyl groups excluding tert-OH is 1. The van der Waals surface area contributed by atoms with Crippen LogP contribution in [-0.4, -0.2) is 52.6 Å². The van der Waals surface area contributed by atoms with Crippen molar-refractivity contribution in [2.75, 3.05) is 38.1 Å². The third-order valence-corrected chi connectivity index (χ3v) is 3.70. The molecule has 7 heteroatoms. The minimum Gasteiger partial charge on any atom is -0.394 e. The van der Waals surface area contributed by atoms with E-state index < -0.39 is 0 Å². The Kier molecular flexibility index (Phi) is 7.04. The van der Waals surface area contributed by atoms with Gasteiger partial charge in [0, 0.05) is 13.1 Å². The van der Waals surface area contributed by atoms with Gasteiger partial charge < -0.3 is 15.3 Å². The number of nitrogens with one attached hydrogen (secondary N) is 1. The van der Waals surface area contributed by atoms with Gasteiger partial charge in [0.2, 0.25) is 0 Å². The summed E-state index contributed by atoms with van der Waals surface area (Å²) in [6, 6.07) is 0. The summed E-state index contributed by atoms with van der Waals surface area (Å²) in [6.45, 7) is 8.04. The number of halogens is 1. The SMILES string of the molecule is CCN(CC)CCNc1cnn(CCO)c(=O)c1Br. The van der Waals surface area contributed by atoms with Crippen LogP contribution in [0.15, 0.2) is 15.5 Å². The van der Waals surface area contributed by atoms with E-state index in [4.69, 9.17) is 5.11 Å². The lowest BCUT2D eigenvalue weighted by Crippen LogP contribution is -2.30. The molecule has 6 nitrogen and oxygen atoms in total. The second-order valence-corrected chi connectivity index (χ2v) is 4.87. The van der Waals surface area contributed by atoms with Gasteiger partial charge in [0.1, 0.15) is 4.47 Å². The Bertz CT molecular complexity index is 446. The standard InChI is InChI=1S/C12H21BrN4O2/c1-3-16(4-2)6-5-14-10-9-15-17(7-8-18)12(19)11(10)13/h9,14,18H,3-8H2,1-2H3. The van der Waals surface area contributed by atoms with E-state index in [-0.39, 0.29) is 18.7 Å². The van der Waals surface area contributed by atoms with Gasteiger partial charge >= 0.3 is 0 Å². The van der Waals surface area contributed by atoms with Crippen molar-refractivity contribution in [1.82, 2.24) is 14.7 Å². The van der Waals surface area contributed by atoms with Crippen molar-refractivity contribution in [3.63, 3.8) is 0 Å². The van der Waals surface area contributed by atoms with Crippen LogP contribution < -0.4 is 10.9 Å². The molecule has 0 unspecified atom stereocenters. The monoisotopic (exact) mass is 332 g/mol. The van der Waals surface area contributed by atoms with Crippen molar-refractivity contribution < 1.29 is 5.11 Å². The predicted octanol–water partition coefficient (Wildman–Crippen LogP) is 0.752. The third kappa shape index (κ3) is 4.59. The summed E-state index contributed by atoms with van der Waals surface area (Å²) in [6.07, 6.45) is 1.60. The van der Waals surface area contributed by atoms with Gasteiger partial charge in [0.15, 0.2) is 0 Å². The van der Waals surface area contributed by atoms with Gasteiger partial charge in [-0.05, 0) is 29.0 Å². The summed E-state index contributed by atoms with van der Waals surface area (Å²) in [5.41, 5.74) is 0.452. The van der Waals surface area contributed by atoms with E-state index in [1.165, 1.54) is 4.68 Å². The molecular formula is C12H21BrN4O2. The van der Waals surface area contributed by atoms with Gasteiger partial charge in [0.25, 0.3) is 5.56 Å². The Morgan fingerprint density at radius 2 is 2.16 bits per heavy atom. The van der Waals surface area contributed by atoms with Crippen LogP contribution in [0.25, 0.3) is 0 Å². The Morgan fingerprint density at radius 1 is 1.47 bits per heavy atom. The van der Waals surface area contributed by atoms with Gasteiger partial charge in [0.05, 0.1) is 25.0 Å². The second kappa shape index (κ2) is 8.29. The third-order valence-electron chi connectivity index (χ3n) is 2.93. The summed E-state index contributed by atoms with van der Waals surface area (Å²) < 4.78 is 1.69. The fourth-order valence-electron chi connectivity index (χ4n) is 1.73. The summed E-state index contributed by atoms with van der Waals surface area (Å²) in [4.78, 5) is 14.2. The van der Waals surface area contributed by atoms with E-state index in [2.05, 4.69) is 45.1 Å². The van der Waals surface area contributed by atoms with Gasteiger partial charge in [-0.15, -0.1) is 0 Å². The molecule has 0 amide bonds. The number of hydrogen-bond acceptors (Lipinski definition) is 5. The van der Waals surface area contributed by atoms with Crippen LogP contribution >= 0.6 is 15.9 Å². The first-order valence-electron chi connectivity index (χ1n) is 6.46. The molecule has 0 atom stereocenters. The van der Waals surface area contributed by atoms with Crippen molar-refractivity contribution in [2.24, 2.45) is 0 Å². The largest absolute Gasteiger partial charge is 0.394 e. The molecule has 1 rings (SSSR count). The number of hydrogen-bond donors (Lipinski definition) is 2. The van der Waals surface area contributed by atoms with Crippen LogP contribution in [0.5, 0.6) is 0 Å². The molecule has 0 aromatic carbocycles. The summed E-state index contributed by atoms with van der Waals surface area (Å²) in [5, 5.41) is 16.0. The molecule has 0 fully saturated rings. The van der Waals surface area contributed by atoms with Crippen molar-refractivity contribution in [1.29, 1.82) is 0 Å². The maximum absolute atomic E-state index is 11.9. The lowest BCUT2D eigenvalue weighted by atomic mass is 10.4. The number of aliphatic hydroxyl groups is 1. The number of rotatable bonds is 8. The van der Waals surface area contributed by atoms with E-state index in [1.807, 2.05) is 0 Å². The average Bonchev–Trinajstić information content (AvgIpc) is 2.42. The Morgan fingerprint density at radius 3 is 2.74 bits per heavy atom. The highest BCUT2D eigenvalue weighted by Crippen LogP contribution is 2.15. The number of nitrogens with zero attached hydrogens (tertiary/aromatic N) is 3. The van der Waals surface area contributed by atoms with Crippen molar-refractivity contribution >= 4 is 21.6 Å². The molecule has 0 aliphatic rings. The molecule has 0 saturated carbocycles. The summed E-state index contributed by atoms with van der Waals surface area (Å²) in [5.74, 6) is 0. The number of likely N-dealkylation sites (N-methyl/N-ethyl adjacent to an activating group) is 1.